The van der Waals surface area contributed by atoms with Gasteiger partial charge in [0.25, 0.3) is 5.56 Å². The maximum Gasteiger partial charge on any atom is 0.259 e. The minimum absolute atomic E-state index is 0. The molecule has 2 heterocycles. The van der Waals surface area contributed by atoms with Gasteiger partial charge in [-0.2, -0.15) is 0 Å². The Morgan fingerprint density at radius 1 is 1.27 bits per heavy atom. The molecule has 0 aliphatic carbocycles. The highest BCUT2D eigenvalue weighted by atomic mass is 32.1. The van der Waals surface area contributed by atoms with Gasteiger partial charge in [0.1, 0.15) is 0 Å². The largest absolute Gasteiger partial charge is 0.412 e. The van der Waals surface area contributed by atoms with Gasteiger partial charge in [-0.05, 0) is 24.6 Å². The van der Waals surface area contributed by atoms with E-state index in [2.05, 4.69) is 22.9 Å². The highest BCUT2D eigenvalue weighted by Gasteiger charge is 2.18. The van der Waals surface area contributed by atoms with E-state index in [9.17, 15) is 4.79 Å². The lowest BCUT2D eigenvalue weighted by atomic mass is 10.0. The lowest BCUT2D eigenvalue weighted by Crippen LogP contribution is -2.23. The van der Waals surface area contributed by atoms with Crippen molar-refractivity contribution in [3.63, 3.8) is 0 Å². The Balaban J connectivity index is 0.00000208. The van der Waals surface area contributed by atoms with Crippen LogP contribution < -0.4 is 17.0 Å². The number of aromatic nitrogens is 1. The topological polar surface area (TPSA) is 176 Å². The number of nitrogens with one attached hydrogen (secondary N) is 3. The smallest absolute Gasteiger partial charge is 0.259 e. The summed E-state index contributed by atoms with van der Waals surface area (Å²) in [7, 11) is 0. The molecule has 2 aromatic rings. The molecule has 0 spiro atoms. The van der Waals surface area contributed by atoms with Crippen LogP contribution in [0.4, 0.5) is 5.69 Å². The predicted molar refractivity (Wildman–Crippen MR) is 106 cm³/mol. The summed E-state index contributed by atoms with van der Waals surface area (Å²) in [5.41, 5.74) is 1.66. The number of anilines is 1. The molecule has 0 bridgehead atoms. The molecule has 0 amide bonds. The molecular weight excluding hydrogens is 356 g/mol. The molecule has 1 aromatic heterocycles. The van der Waals surface area contributed by atoms with E-state index < -0.39 is 0 Å². The zero-order valence-electron chi connectivity index (χ0n) is 14.3. The van der Waals surface area contributed by atoms with Gasteiger partial charge < -0.3 is 32.1 Å². The van der Waals surface area contributed by atoms with E-state index in [1.807, 2.05) is 12.1 Å². The Bertz CT molecular complexity index is 758. The zero-order chi connectivity index (χ0) is 16.2. The molecule has 0 saturated carbocycles. The second kappa shape index (κ2) is 10.7. The highest BCUT2D eigenvalue weighted by molar-refractivity contribution is 7.80. The van der Waals surface area contributed by atoms with Crippen molar-refractivity contribution in [1.29, 1.82) is 5.41 Å². The van der Waals surface area contributed by atoms with Crippen molar-refractivity contribution in [1.82, 2.24) is 11.1 Å². The van der Waals surface area contributed by atoms with Crippen molar-refractivity contribution in [3.05, 3.63) is 58.0 Å². The molecule has 1 atom stereocenters. The molecule has 10 N–H and O–H groups in total. The van der Waals surface area contributed by atoms with Gasteiger partial charge in [0.2, 0.25) is 0 Å². The minimum Gasteiger partial charge on any atom is -0.412 e. The van der Waals surface area contributed by atoms with E-state index in [4.69, 9.17) is 10.1 Å². The van der Waals surface area contributed by atoms with E-state index in [0.717, 1.165) is 31.1 Å². The maximum atomic E-state index is 12.2. The first-order chi connectivity index (χ1) is 11.1. The van der Waals surface area contributed by atoms with Crippen LogP contribution in [0.5, 0.6) is 0 Å². The molecule has 0 radical (unpaired) electrons. The van der Waals surface area contributed by atoms with E-state index >= 15 is 0 Å². The first kappa shape index (κ1) is 23.8. The van der Waals surface area contributed by atoms with Gasteiger partial charge in [-0.3, -0.25) is 10.2 Å². The normalized spacial score (nSPS) is 15.2. The molecule has 144 valence electrons. The maximum absolute atomic E-state index is 12.2. The van der Waals surface area contributed by atoms with Crippen molar-refractivity contribution in [2.75, 3.05) is 25.1 Å². The zero-order valence-corrected chi connectivity index (χ0v) is 15.2. The lowest BCUT2D eigenvalue weighted by molar-refractivity contribution is 0.187. The Hall–Kier alpha value is -2.17. The summed E-state index contributed by atoms with van der Waals surface area (Å²) in [6.45, 7) is 2.27. The first-order valence-corrected chi connectivity index (χ1v) is 8.01. The van der Waals surface area contributed by atoms with E-state index in [1.54, 1.807) is 24.4 Å². The molecule has 1 aliphatic heterocycles. The average molecular weight is 382 g/mol. The molecule has 8 nitrogen and oxygen atoms in total. The number of thiol groups is 1. The van der Waals surface area contributed by atoms with Crippen LogP contribution in [0, 0.1) is 11.3 Å². The van der Waals surface area contributed by atoms with Gasteiger partial charge in [-0.1, -0.05) is 12.1 Å². The number of aromatic amines is 1. The summed E-state index contributed by atoms with van der Waals surface area (Å²) in [5.74, 6) is 0.444. The van der Waals surface area contributed by atoms with Gasteiger partial charge >= 0.3 is 0 Å². The SMILES string of the molecule is N.N=C(c1ccc(S)cc1)c1c(NCC2CCOC2)cc[nH]c1=O.O.O. The van der Waals surface area contributed by atoms with Crippen LogP contribution in [-0.2, 0) is 4.74 Å². The van der Waals surface area contributed by atoms with Crippen LogP contribution in [0.2, 0.25) is 0 Å². The molecular formula is C17H26N4O4S. The molecule has 3 rings (SSSR count). The van der Waals surface area contributed by atoms with Gasteiger partial charge in [-0.25, -0.2) is 0 Å². The number of hydrogen-bond acceptors (Lipinski definition) is 6. The van der Waals surface area contributed by atoms with Crippen molar-refractivity contribution < 1.29 is 15.7 Å². The van der Waals surface area contributed by atoms with Crippen LogP contribution >= 0.6 is 12.6 Å². The van der Waals surface area contributed by atoms with Crippen molar-refractivity contribution >= 4 is 24.0 Å². The number of rotatable bonds is 5. The van der Waals surface area contributed by atoms with Crippen LogP contribution in [0.3, 0.4) is 0 Å². The molecule has 1 saturated heterocycles. The Morgan fingerprint density at radius 3 is 2.58 bits per heavy atom. The number of H-pyrrole nitrogens is 1. The Morgan fingerprint density at radius 2 is 1.96 bits per heavy atom. The number of ether oxygens (including phenoxy) is 1. The fourth-order valence-electron chi connectivity index (χ4n) is 2.65. The number of hydrogen-bond donors (Lipinski definition) is 5. The monoisotopic (exact) mass is 382 g/mol. The van der Waals surface area contributed by atoms with Crippen molar-refractivity contribution in [3.8, 4) is 0 Å². The van der Waals surface area contributed by atoms with Gasteiger partial charge in [0.15, 0.2) is 0 Å². The highest BCUT2D eigenvalue weighted by Crippen LogP contribution is 2.19. The fraction of sp³-hybridized carbons (Fsp3) is 0.294. The van der Waals surface area contributed by atoms with Gasteiger partial charge in [0, 0.05) is 35.7 Å². The molecule has 1 fully saturated rings. The summed E-state index contributed by atoms with van der Waals surface area (Å²) in [5, 5.41) is 11.7. The summed E-state index contributed by atoms with van der Waals surface area (Å²) < 4.78 is 5.37. The molecule has 9 heteroatoms. The first-order valence-electron chi connectivity index (χ1n) is 7.57. The fourth-order valence-corrected chi connectivity index (χ4v) is 2.79. The van der Waals surface area contributed by atoms with E-state index in [0.29, 0.717) is 22.7 Å². The second-order valence-electron chi connectivity index (χ2n) is 5.63. The van der Waals surface area contributed by atoms with Crippen molar-refractivity contribution in [2.45, 2.75) is 11.3 Å². The third-order valence-corrected chi connectivity index (χ3v) is 4.27. The van der Waals surface area contributed by atoms with Crippen LogP contribution in [0.25, 0.3) is 0 Å². The lowest BCUT2D eigenvalue weighted by Gasteiger charge is -2.14. The number of pyridine rings is 1. The quantitative estimate of drug-likeness (QED) is 0.383. The van der Waals surface area contributed by atoms with Crippen molar-refractivity contribution in [2.24, 2.45) is 5.92 Å². The molecule has 1 aliphatic rings. The number of benzene rings is 1. The third kappa shape index (κ3) is 5.41. The standard InChI is InChI=1S/C17H19N3O2S.H3N.2H2O/c18-16(12-1-3-13(23)4-2-12)15-14(5-7-19-17(15)21)20-9-11-6-8-22-10-11;;;/h1-5,7,11,18,23H,6,8-10H2,(H2,19,20,21);1H3;2*1H2. The van der Waals surface area contributed by atoms with Crippen LogP contribution in [-0.4, -0.2) is 41.4 Å². The summed E-state index contributed by atoms with van der Waals surface area (Å²) in [4.78, 5) is 15.7. The second-order valence-corrected chi connectivity index (χ2v) is 6.14. The Labute approximate surface area is 157 Å². The molecule has 26 heavy (non-hydrogen) atoms. The summed E-state index contributed by atoms with van der Waals surface area (Å²) in [6.07, 6.45) is 2.62. The summed E-state index contributed by atoms with van der Waals surface area (Å²) >= 11 is 4.25. The van der Waals surface area contributed by atoms with E-state index in [-0.39, 0.29) is 28.4 Å². The van der Waals surface area contributed by atoms with Crippen LogP contribution in [0.15, 0.2) is 46.2 Å². The van der Waals surface area contributed by atoms with Gasteiger partial charge in [0.05, 0.1) is 23.6 Å². The molecule has 1 aromatic carbocycles. The van der Waals surface area contributed by atoms with Crippen LogP contribution in [0.1, 0.15) is 17.5 Å². The Kier molecular flexibility index (Phi) is 9.84. The molecule has 1 unspecified atom stereocenters. The summed E-state index contributed by atoms with van der Waals surface area (Å²) in [6, 6.07) is 9.02. The predicted octanol–water partition coefficient (Wildman–Crippen LogP) is 1.04. The average Bonchev–Trinajstić information content (AvgIpc) is 3.06. The van der Waals surface area contributed by atoms with Gasteiger partial charge in [-0.15, -0.1) is 12.6 Å². The van der Waals surface area contributed by atoms with E-state index in [1.165, 1.54) is 0 Å². The third-order valence-electron chi connectivity index (χ3n) is 3.97. The minimum atomic E-state index is -0.266.